The predicted octanol–water partition coefficient (Wildman–Crippen LogP) is 2.77. The summed E-state index contributed by atoms with van der Waals surface area (Å²) in [6, 6.07) is 7.78. The number of hydrogen-bond donors (Lipinski definition) is 2. The molecule has 0 radical (unpaired) electrons. The molecule has 0 unspecified atom stereocenters. The topological polar surface area (TPSA) is 74.5 Å². The number of amides is 1. The Morgan fingerprint density at radius 2 is 1.93 bits per heavy atom. The van der Waals surface area contributed by atoms with E-state index in [1.807, 2.05) is 36.0 Å². The normalized spacial score (nSPS) is 11.1. The molecule has 0 spiro atoms. The lowest BCUT2D eigenvalue weighted by atomic mass is 10.1. The lowest BCUT2D eigenvalue weighted by Gasteiger charge is -2.14. The van der Waals surface area contributed by atoms with Gasteiger partial charge in [-0.05, 0) is 37.0 Å². The Bertz CT molecular complexity index is 859. The van der Waals surface area contributed by atoms with Gasteiger partial charge in [0.15, 0.2) is 5.96 Å². The maximum absolute atomic E-state index is 12.1. The zero-order valence-corrected chi connectivity index (χ0v) is 21.3. The molecule has 0 bridgehead atoms. The molecule has 2 aromatic rings. The molecule has 0 fully saturated rings. The van der Waals surface area contributed by atoms with Gasteiger partial charge in [-0.1, -0.05) is 26.0 Å². The van der Waals surface area contributed by atoms with Crippen molar-refractivity contribution in [2.24, 2.45) is 12.0 Å². The van der Waals surface area contributed by atoms with E-state index in [9.17, 15) is 4.79 Å². The number of guanidine groups is 1. The van der Waals surface area contributed by atoms with Gasteiger partial charge in [0.25, 0.3) is 5.91 Å². The third-order valence-electron chi connectivity index (χ3n) is 4.97. The zero-order valence-electron chi connectivity index (χ0n) is 19.0. The summed E-state index contributed by atoms with van der Waals surface area (Å²) in [4.78, 5) is 18.0. The zero-order chi connectivity index (χ0) is 21.4. The van der Waals surface area contributed by atoms with Crippen molar-refractivity contribution in [1.82, 2.24) is 25.3 Å². The van der Waals surface area contributed by atoms with E-state index in [1.165, 1.54) is 11.3 Å². The van der Waals surface area contributed by atoms with E-state index in [0.717, 1.165) is 43.0 Å². The van der Waals surface area contributed by atoms with E-state index < -0.39 is 0 Å². The van der Waals surface area contributed by atoms with Gasteiger partial charge >= 0.3 is 0 Å². The molecule has 166 valence electrons. The second-order valence-corrected chi connectivity index (χ2v) is 7.21. The Kier molecular flexibility index (Phi) is 10.9. The minimum atomic E-state index is 0. The molecule has 0 aliphatic heterocycles. The number of carbonyl (C=O) groups excluding carboxylic acids is 1. The average Bonchev–Trinajstić information content (AvgIpc) is 3.04. The summed E-state index contributed by atoms with van der Waals surface area (Å²) in [7, 11) is 7.31. The number of hydrogen-bond acceptors (Lipinski definition) is 3. The molecule has 2 N–H and O–H groups in total. The van der Waals surface area contributed by atoms with Crippen LogP contribution in [0.2, 0.25) is 0 Å². The number of nitrogens with one attached hydrogen (secondary N) is 2. The molecule has 1 aromatic heterocycles. The number of aryl methyl sites for hydroxylation is 2. The van der Waals surface area contributed by atoms with Gasteiger partial charge < -0.3 is 15.5 Å². The first-order valence-corrected chi connectivity index (χ1v) is 10.2. The van der Waals surface area contributed by atoms with Gasteiger partial charge in [-0.2, -0.15) is 5.10 Å². The maximum Gasteiger partial charge on any atom is 0.253 e. The van der Waals surface area contributed by atoms with Crippen molar-refractivity contribution < 1.29 is 4.79 Å². The number of carbonyl (C=O) groups is 1. The van der Waals surface area contributed by atoms with E-state index in [1.54, 1.807) is 26.0 Å². The van der Waals surface area contributed by atoms with Crippen LogP contribution in [0.4, 0.5) is 0 Å². The molecule has 0 saturated heterocycles. The molecule has 0 saturated carbocycles. The second-order valence-electron chi connectivity index (χ2n) is 7.21. The van der Waals surface area contributed by atoms with Crippen LogP contribution >= 0.6 is 24.0 Å². The molecule has 0 atom stereocenters. The van der Waals surface area contributed by atoms with Crippen LogP contribution in [0, 0.1) is 0 Å². The predicted molar refractivity (Wildman–Crippen MR) is 134 cm³/mol. The highest BCUT2D eigenvalue weighted by atomic mass is 127. The Morgan fingerprint density at radius 1 is 1.20 bits per heavy atom. The minimum absolute atomic E-state index is 0. The highest BCUT2D eigenvalue weighted by molar-refractivity contribution is 14.0. The highest BCUT2D eigenvalue weighted by Crippen LogP contribution is 2.15. The highest BCUT2D eigenvalue weighted by Gasteiger charge is 2.14. The second kappa shape index (κ2) is 12.6. The van der Waals surface area contributed by atoms with Crippen LogP contribution in [-0.2, 0) is 32.9 Å². The van der Waals surface area contributed by atoms with Crippen LogP contribution in [0.25, 0.3) is 0 Å². The van der Waals surface area contributed by atoms with Crippen LogP contribution in [0.3, 0.4) is 0 Å². The van der Waals surface area contributed by atoms with Gasteiger partial charge in [-0.15, -0.1) is 24.0 Å². The Labute approximate surface area is 197 Å². The largest absolute Gasteiger partial charge is 0.356 e. The number of aromatic nitrogens is 2. The van der Waals surface area contributed by atoms with Crippen LogP contribution < -0.4 is 10.6 Å². The van der Waals surface area contributed by atoms with E-state index in [2.05, 4.69) is 34.6 Å². The summed E-state index contributed by atoms with van der Waals surface area (Å²) in [6.45, 7) is 5.72. The molecule has 7 nitrogen and oxygen atoms in total. The van der Waals surface area contributed by atoms with Crippen molar-refractivity contribution >= 4 is 35.8 Å². The third-order valence-corrected chi connectivity index (χ3v) is 4.97. The molecule has 2 rings (SSSR count). The van der Waals surface area contributed by atoms with Gasteiger partial charge in [0, 0.05) is 58.1 Å². The molecule has 0 aliphatic rings. The first-order chi connectivity index (χ1) is 13.9. The molecular weight excluding hydrogens is 491 g/mol. The molecule has 1 heterocycles. The lowest BCUT2D eigenvalue weighted by Crippen LogP contribution is -2.38. The van der Waals surface area contributed by atoms with Crippen molar-refractivity contribution in [2.45, 2.75) is 39.7 Å². The Balaban J connectivity index is 0.00000450. The van der Waals surface area contributed by atoms with Gasteiger partial charge in [0.1, 0.15) is 0 Å². The van der Waals surface area contributed by atoms with Gasteiger partial charge in [0.2, 0.25) is 0 Å². The lowest BCUT2D eigenvalue weighted by molar-refractivity contribution is 0.0827. The summed E-state index contributed by atoms with van der Waals surface area (Å²) in [5, 5.41) is 11.4. The fraction of sp³-hybridized carbons (Fsp3) is 0.500. The van der Waals surface area contributed by atoms with Crippen molar-refractivity contribution in [1.29, 1.82) is 0 Å². The number of halogens is 1. The fourth-order valence-electron chi connectivity index (χ4n) is 3.43. The van der Waals surface area contributed by atoms with Gasteiger partial charge in [0.05, 0.1) is 5.69 Å². The molecule has 1 amide bonds. The van der Waals surface area contributed by atoms with E-state index in [4.69, 9.17) is 0 Å². The summed E-state index contributed by atoms with van der Waals surface area (Å²) in [6.07, 6.45) is 2.68. The molecule has 30 heavy (non-hydrogen) atoms. The molecule has 1 aromatic carbocycles. The molecular formula is C22H35IN6O. The fourth-order valence-corrected chi connectivity index (χ4v) is 3.43. The van der Waals surface area contributed by atoms with Gasteiger partial charge in [-0.25, -0.2) is 0 Å². The van der Waals surface area contributed by atoms with Crippen molar-refractivity contribution in [3.63, 3.8) is 0 Å². The minimum Gasteiger partial charge on any atom is -0.356 e. The quantitative estimate of drug-likeness (QED) is 0.315. The van der Waals surface area contributed by atoms with Crippen molar-refractivity contribution in [2.75, 3.05) is 27.7 Å². The summed E-state index contributed by atoms with van der Waals surface area (Å²) in [5.41, 5.74) is 5.48. The third kappa shape index (κ3) is 6.72. The first kappa shape index (κ1) is 25.9. The number of nitrogens with zero attached hydrogens (tertiary/aromatic N) is 4. The molecule has 0 aliphatic carbocycles. The van der Waals surface area contributed by atoms with Crippen molar-refractivity contribution in [3.8, 4) is 0 Å². The number of rotatable bonds is 8. The SMILES string of the molecule is CCc1nn(C)c(CC)c1CNC(=NC)NCCc1cccc(C(=O)N(C)C)c1.I. The van der Waals surface area contributed by atoms with E-state index >= 15 is 0 Å². The Morgan fingerprint density at radius 3 is 2.53 bits per heavy atom. The summed E-state index contributed by atoms with van der Waals surface area (Å²) >= 11 is 0. The number of aliphatic imine (C=N–C) groups is 1. The van der Waals surface area contributed by atoms with Crippen LogP contribution in [0.1, 0.15) is 46.7 Å². The average molecular weight is 526 g/mol. The summed E-state index contributed by atoms with van der Waals surface area (Å²) < 4.78 is 1.98. The number of benzene rings is 1. The van der Waals surface area contributed by atoms with E-state index in [0.29, 0.717) is 12.1 Å². The van der Waals surface area contributed by atoms with Crippen LogP contribution in [-0.4, -0.2) is 54.2 Å². The standard InChI is InChI=1S/C22H34N6O.HI/c1-7-19-18(20(8-2)28(6)26-19)15-25-22(23-3)24-13-12-16-10-9-11-17(14-16)21(29)27(4)5;/h9-11,14H,7-8,12-13,15H2,1-6H3,(H2,23,24,25);1H. The molecule has 8 heteroatoms. The van der Waals surface area contributed by atoms with Crippen molar-refractivity contribution in [3.05, 3.63) is 52.3 Å². The van der Waals surface area contributed by atoms with Crippen LogP contribution in [0.5, 0.6) is 0 Å². The van der Waals surface area contributed by atoms with Crippen LogP contribution in [0.15, 0.2) is 29.3 Å². The maximum atomic E-state index is 12.1. The Hall–Kier alpha value is -2.10. The summed E-state index contributed by atoms with van der Waals surface area (Å²) in [5.74, 6) is 0.783. The van der Waals surface area contributed by atoms with Gasteiger partial charge in [-0.3, -0.25) is 14.5 Å². The smallest absolute Gasteiger partial charge is 0.253 e. The monoisotopic (exact) mass is 526 g/mol. The first-order valence-electron chi connectivity index (χ1n) is 10.2. The van der Waals surface area contributed by atoms with E-state index in [-0.39, 0.29) is 29.9 Å².